The van der Waals surface area contributed by atoms with Gasteiger partial charge in [0, 0.05) is 4.75 Å². The van der Waals surface area contributed by atoms with E-state index in [1.54, 1.807) is 6.07 Å². The van der Waals surface area contributed by atoms with Gasteiger partial charge in [0.05, 0.1) is 0 Å². The molecule has 0 aliphatic heterocycles. The number of rotatable bonds is 3. The van der Waals surface area contributed by atoms with E-state index in [-0.39, 0.29) is 10.6 Å². The van der Waals surface area contributed by atoms with Crippen molar-refractivity contribution in [3.63, 3.8) is 0 Å². The Balaban J connectivity index is 2.14. The summed E-state index contributed by atoms with van der Waals surface area (Å²) >= 11 is 1.38. The molecular formula is C10H12FNS. The molecule has 2 N–H and O–H groups in total. The lowest BCUT2D eigenvalue weighted by Crippen LogP contribution is -2.11. The van der Waals surface area contributed by atoms with E-state index in [2.05, 4.69) is 0 Å². The van der Waals surface area contributed by atoms with Gasteiger partial charge >= 0.3 is 0 Å². The van der Waals surface area contributed by atoms with Gasteiger partial charge in [-0.25, -0.2) is 4.39 Å². The molecule has 1 aromatic rings. The SMILES string of the molecule is NSC1(Cc2ccccc2F)CC1. The van der Waals surface area contributed by atoms with Crippen LogP contribution in [-0.4, -0.2) is 4.75 Å². The lowest BCUT2D eigenvalue weighted by atomic mass is 10.1. The third-order valence-corrected chi connectivity index (χ3v) is 3.58. The largest absolute Gasteiger partial charge is 0.277 e. The summed E-state index contributed by atoms with van der Waals surface area (Å²) in [7, 11) is 0. The average Bonchev–Trinajstić information content (AvgIpc) is 2.90. The molecule has 0 radical (unpaired) electrons. The Morgan fingerprint density at radius 1 is 1.38 bits per heavy atom. The van der Waals surface area contributed by atoms with Crippen molar-refractivity contribution in [3.8, 4) is 0 Å². The second-order valence-electron chi connectivity index (χ2n) is 3.57. The summed E-state index contributed by atoms with van der Waals surface area (Å²) in [5.41, 5.74) is 0.790. The predicted octanol–water partition coefficient (Wildman–Crippen LogP) is 2.51. The van der Waals surface area contributed by atoms with E-state index in [0.717, 1.165) is 24.8 Å². The average molecular weight is 197 g/mol. The second kappa shape index (κ2) is 3.31. The zero-order valence-electron chi connectivity index (χ0n) is 7.29. The third-order valence-electron chi connectivity index (χ3n) is 2.53. The van der Waals surface area contributed by atoms with Crippen LogP contribution in [0.2, 0.25) is 0 Å². The van der Waals surface area contributed by atoms with Crippen LogP contribution in [0.15, 0.2) is 24.3 Å². The minimum atomic E-state index is -0.108. The van der Waals surface area contributed by atoms with E-state index < -0.39 is 0 Å². The van der Waals surface area contributed by atoms with Gasteiger partial charge in [0.1, 0.15) is 5.82 Å². The molecule has 0 heterocycles. The molecule has 0 aromatic heterocycles. The Hall–Kier alpha value is -0.540. The molecule has 0 amide bonds. The number of benzene rings is 1. The van der Waals surface area contributed by atoms with Crippen molar-refractivity contribution >= 4 is 11.9 Å². The maximum Gasteiger partial charge on any atom is 0.126 e. The summed E-state index contributed by atoms with van der Waals surface area (Å²) in [4.78, 5) is 0. The first-order chi connectivity index (χ1) is 6.26. The van der Waals surface area contributed by atoms with Crippen molar-refractivity contribution in [1.82, 2.24) is 0 Å². The zero-order chi connectivity index (χ0) is 9.31. The molecule has 1 saturated carbocycles. The standard InChI is InChI=1S/C10H12FNS/c11-9-4-2-1-3-8(9)7-10(13-12)5-6-10/h1-4H,5-7,12H2. The molecular weight excluding hydrogens is 185 g/mol. The van der Waals surface area contributed by atoms with Crippen LogP contribution in [0.1, 0.15) is 18.4 Å². The topological polar surface area (TPSA) is 26.0 Å². The molecule has 0 bridgehead atoms. The molecule has 70 valence electrons. The highest BCUT2D eigenvalue weighted by molar-refractivity contribution is 7.98. The van der Waals surface area contributed by atoms with Crippen LogP contribution in [0.25, 0.3) is 0 Å². The lowest BCUT2D eigenvalue weighted by Gasteiger charge is -2.11. The monoisotopic (exact) mass is 197 g/mol. The molecule has 1 aliphatic carbocycles. The van der Waals surface area contributed by atoms with Gasteiger partial charge in [0.15, 0.2) is 0 Å². The predicted molar refractivity (Wildman–Crippen MR) is 53.8 cm³/mol. The van der Waals surface area contributed by atoms with Crippen molar-refractivity contribution in [3.05, 3.63) is 35.6 Å². The Morgan fingerprint density at radius 3 is 2.62 bits per heavy atom. The molecule has 2 rings (SSSR count). The normalized spacial score (nSPS) is 18.6. The van der Waals surface area contributed by atoms with Crippen molar-refractivity contribution in [2.45, 2.75) is 24.0 Å². The first-order valence-corrected chi connectivity index (χ1v) is 5.25. The number of halogens is 1. The van der Waals surface area contributed by atoms with E-state index in [1.165, 1.54) is 18.0 Å². The minimum Gasteiger partial charge on any atom is -0.277 e. The Bertz CT molecular complexity index is 310. The van der Waals surface area contributed by atoms with Crippen molar-refractivity contribution in [2.24, 2.45) is 5.14 Å². The Labute approximate surface area is 81.6 Å². The van der Waals surface area contributed by atoms with Gasteiger partial charge in [-0.1, -0.05) is 30.1 Å². The Morgan fingerprint density at radius 2 is 2.08 bits per heavy atom. The molecule has 0 spiro atoms. The number of hydrogen-bond donors (Lipinski definition) is 1. The third kappa shape index (κ3) is 1.86. The molecule has 13 heavy (non-hydrogen) atoms. The van der Waals surface area contributed by atoms with Crippen molar-refractivity contribution in [2.75, 3.05) is 0 Å². The van der Waals surface area contributed by atoms with Crippen LogP contribution in [0.4, 0.5) is 4.39 Å². The number of hydrogen-bond acceptors (Lipinski definition) is 2. The quantitative estimate of drug-likeness (QED) is 0.753. The van der Waals surface area contributed by atoms with Crippen LogP contribution < -0.4 is 5.14 Å². The fraction of sp³-hybridized carbons (Fsp3) is 0.400. The summed E-state index contributed by atoms with van der Waals surface area (Å²) in [6, 6.07) is 6.93. The first-order valence-electron chi connectivity index (χ1n) is 4.37. The summed E-state index contributed by atoms with van der Waals surface area (Å²) in [5.74, 6) is -0.108. The maximum absolute atomic E-state index is 13.2. The van der Waals surface area contributed by atoms with Gasteiger partial charge < -0.3 is 0 Å². The molecule has 1 aromatic carbocycles. The van der Waals surface area contributed by atoms with Crippen LogP contribution in [0.3, 0.4) is 0 Å². The van der Waals surface area contributed by atoms with Gasteiger partial charge in [0.25, 0.3) is 0 Å². The molecule has 0 saturated heterocycles. The smallest absolute Gasteiger partial charge is 0.126 e. The highest BCUT2D eigenvalue weighted by Gasteiger charge is 2.42. The van der Waals surface area contributed by atoms with Crippen LogP contribution in [-0.2, 0) is 6.42 Å². The number of nitrogens with two attached hydrogens (primary N) is 1. The highest BCUT2D eigenvalue weighted by atomic mass is 32.2. The summed E-state index contributed by atoms with van der Waals surface area (Å²) in [6.07, 6.45) is 2.99. The van der Waals surface area contributed by atoms with Crippen LogP contribution in [0, 0.1) is 5.82 Å². The van der Waals surface area contributed by atoms with Crippen molar-refractivity contribution < 1.29 is 4.39 Å². The summed E-state index contributed by atoms with van der Waals surface area (Å²) in [6.45, 7) is 0. The van der Waals surface area contributed by atoms with Crippen LogP contribution in [0.5, 0.6) is 0 Å². The molecule has 0 atom stereocenters. The molecule has 3 heteroatoms. The van der Waals surface area contributed by atoms with E-state index in [9.17, 15) is 4.39 Å². The summed E-state index contributed by atoms with van der Waals surface area (Å²) in [5, 5.41) is 5.56. The second-order valence-corrected chi connectivity index (χ2v) is 4.67. The van der Waals surface area contributed by atoms with E-state index in [1.807, 2.05) is 12.1 Å². The molecule has 1 nitrogen and oxygen atoms in total. The van der Waals surface area contributed by atoms with E-state index in [4.69, 9.17) is 5.14 Å². The zero-order valence-corrected chi connectivity index (χ0v) is 8.11. The molecule has 1 fully saturated rings. The first kappa shape index (κ1) is 9.03. The van der Waals surface area contributed by atoms with E-state index in [0.29, 0.717) is 0 Å². The fourth-order valence-electron chi connectivity index (χ4n) is 1.46. The fourth-order valence-corrected chi connectivity index (χ4v) is 2.04. The lowest BCUT2D eigenvalue weighted by molar-refractivity contribution is 0.606. The van der Waals surface area contributed by atoms with Crippen molar-refractivity contribution in [1.29, 1.82) is 0 Å². The maximum atomic E-state index is 13.2. The van der Waals surface area contributed by atoms with Gasteiger partial charge in [-0.05, 0) is 30.9 Å². The van der Waals surface area contributed by atoms with Gasteiger partial charge in [-0.3, -0.25) is 5.14 Å². The van der Waals surface area contributed by atoms with Gasteiger partial charge in [0.2, 0.25) is 0 Å². The highest BCUT2D eigenvalue weighted by Crippen LogP contribution is 2.48. The minimum absolute atomic E-state index is 0.108. The molecule has 1 aliphatic rings. The van der Waals surface area contributed by atoms with Crippen LogP contribution >= 0.6 is 11.9 Å². The molecule has 0 unspecified atom stereocenters. The summed E-state index contributed by atoms with van der Waals surface area (Å²) < 4.78 is 13.4. The van der Waals surface area contributed by atoms with Gasteiger partial charge in [-0.15, -0.1) is 0 Å². The van der Waals surface area contributed by atoms with Gasteiger partial charge in [-0.2, -0.15) is 0 Å². The Kier molecular flexibility index (Phi) is 2.30. The van der Waals surface area contributed by atoms with E-state index >= 15 is 0 Å².